The van der Waals surface area contributed by atoms with Crippen molar-refractivity contribution < 1.29 is 9.47 Å². The predicted molar refractivity (Wildman–Crippen MR) is 99.0 cm³/mol. The normalized spacial score (nSPS) is 10.6. The molecule has 0 aliphatic rings. The second-order valence-corrected chi connectivity index (χ2v) is 5.75. The molecule has 0 radical (unpaired) electrons. The third-order valence-electron chi connectivity index (χ3n) is 4.13. The van der Waals surface area contributed by atoms with Crippen LogP contribution in [-0.2, 0) is 13.0 Å². The van der Waals surface area contributed by atoms with Crippen LogP contribution in [0.5, 0.6) is 11.5 Å². The van der Waals surface area contributed by atoms with E-state index in [0.29, 0.717) is 0 Å². The summed E-state index contributed by atoms with van der Waals surface area (Å²) in [5, 5.41) is 10.8. The molecular formula is C20H23N3O2. The highest BCUT2D eigenvalue weighted by Crippen LogP contribution is 2.27. The van der Waals surface area contributed by atoms with Crippen molar-refractivity contribution in [1.82, 2.24) is 15.5 Å². The lowest BCUT2D eigenvalue weighted by molar-refractivity contribution is 0.354. The van der Waals surface area contributed by atoms with E-state index in [-0.39, 0.29) is 0 Å². The van der Waals surface area contributed by atoms with Crippen LogP contribution in [0.2, 0.25) is 0 Å². The standard InChI is InChI=1S/C20H23N3O2/c1-24-18-9-8-15(12-19(18)25-2)10-11-21-13-17-14-22-23-20(17)16-6-4-3-5-7-16/h3-9,12,14,21H,10-11,13H2,1-2H3,(H,22,23). The average Bonchev–Trinajstić information content (AvgIpc) is 3.14. The fourth-order valence-electron chi connectivity index (χ4n) is 2.79. The molecule has 3 rings (SSSR count). The number of aromatic amines is 1. The van der Waals surface area contributed by atoms with Crippen LogP contribution in [0.3, 0.4) is 0 Å². The second kappa shape index (κ2) is 8.35. The Morgan fingerprint density at radius 3 is 2.56 bits per heavy atom. The summed E-state index contributed by atoms with van der Waals surface area (Å²) in [4.78, 5) is 0. The summed E-state index contributed by atoms with van der Waals surface area (Å²) in [5.41, 5.74) is 4.59. The number of aromatic nitrogens is 2. The summed E-state index contributed by atoms with van der Waals surface area (Å²) in [6.07, 6.45) is 2.80. The van der Waals surface area contributed by atoms with Crippen LogP contribution in [0.1, 0.15) is 11.1 Å². The van der Waals surface area contributed by atoms with E-state index < -0.39 is 0 Å². The van der Waals surface area contributed by atoms with E-state index in [9.17, 15) is 0 Å². The van der Waals surface area contributed by atoms with Gasteiger partial charge in [-0.15, -0.1) is 0 Å². The van der Waals surface area contributed by atoms with E-state index in [2.05, 4.69) is 33.7 Å². The zero-order valence-electron chi connectivity index (χ0n) is 14.6. The minimum Gasteiger partial charge on any atom is -0.493 e. The Bertz CT molecular complexity index is 800. The van der Waals surface area contributed by atoms with Crippen molar-refractivity contribution in [2.24, 2.45) is 0 Å². The SMILES string of the molecule is COc1ccc(CCNCc2cn[nH]c2-c2ccccc2)cc1OC. The van der Waals surface area contributed by atoms with Crippen molar-refractivity contribution in [1.29, 1.82) is 0 Å². The molecule has 0 fully saturated rings. The van der Waals surface area contributed by atoms with Crippen LogP contribution in [0.4, 0.5) is 0 Å². The van der Waals surface area contributed by atoms with Crippen LogP contribution in [0.25, 0.3) is 11.3 Å². The Balaban J connectivity index is 1.55. The average molecular weight is 337 g/mol. The summed E-state index contributed by atoms with van der Waals surface area (Å²) in [5.74, 6) is 1.52. The molecule has 0 amide bonds. The van der Waals surface area contributed by atoms with E-state index in [1.165, 1.54) is 11.1 Å². The van der Waals surface area contributed by atoms with Crippen molar-refractivity contribution in [3.8, 4) is 22.8 Å². The molecule has 2 aromatic carbocycles. The first-order valence-corrected chi connectivity index (χ1v) is 8.31. The highest BCUT2D eigenvalue weighted by molar-refractivity contribution is 5.62. The smallest absolute Gasteiger partial charge is 0.160 e. The maximum atomic E-state index is 5.35. The zero-order valence-corrected chi connectivity index (χ0v) is 14.6. The molecule has 25 heavy (non-hydrogen) atoms. The maximum absolute atomic E-state index is 5.35. The van der Waals surface area contributed by atoms with Gasteiger partial charge in [0.1, 0.15) is 0 Å². The van der Waals surface area contributed by atoms with Crippen LogP contribution < -0.4 is 14.8 Å². The Morgan fingerprint density at radius 2 is 1.80 bits per heavy atom. The molecule has 130 valence electrons. The molecule has 1 aromatic heterocycles. The highest BCUT2D eigenvalue weighted by atomic mass is 16.5. The maximum Gasteiger partial charge on any atom is 0.160 e. The van der Waals surface area contributed by atoms with Crippen molar-refractivity contribution in [3.63, 3.8) is 0 Å². The number of hydrogen-bond donors (Lipinski definition) is 2. The number of benzene rings is 2. The van der Waals surface area contributed by atoms with Crippen LogP contribution in [0.15, 0.2) is 54.7 Å². The first-order chi connectivity index (χ1) is 12.3. The van der Waals surface area contributed by atoms with Gasteiger partial charge in [0.25, 0.3) is 0 Å². The lowest BCUT2D eigenvalue weighted by atomic mass is 10.1. The molecule has 5 nitrogen and oxygen atoms in total. The first kappa shape index (κ1) is 17.0. The van der Waals surface area contributed by atoms with Gasteiger partial charge in [-0.3, -0.25) is 5.10 Å². The Kier molecular flexibility index (Phi) is 5.69. The fraction of sp³-hybridized carbons (Fsp3) is 0.250. The molecule has 1 heterocycles. The molecule has 0 spiro atoms. The first-order valence-electron chi connectivity index (χ1n) is 8.31. The Morgan fingerprint density at radius 1 is 1.00 bits per heavy atom. The van der Waals surface area contributed by atoms with E-state index in [1.54, 1.807) is 14.2 Å². The number of ether oxygens (including phenoxy) is 2. The predicted octanol–water partition coefficient (Wildman–Crippen LogP) is 3.43. The monoisotopic (exact) mass is 337 g/mol. The number of nitrogens with one attached hydrogen (secondary N) is 2. The van der Waals surface area contributed by atoms with Gasteiger partial charge in [0.15, 0.2) is 11.5 Å². The molecule has 2 N–H and O–H groups in total. The minimum atomic E-state index is 0.755. The number of methoxy groups -OCH3 is 2. The van der Waals surface area contributed by atoms with Gasteiger partial charge in [-0.2, -0.15) is 5.10 Å². The van der Waals surface area contributed by atoms with Crippen LogP contribution in [0, 0.1) is 0 Å². The number of hydrogen-bond acceptors (Lipinski definition) is 4. The number of H-pyrrole nitrogens is 1. The molecular weight excluding hydrogens is 314 g/mol. The third kappa shape index (κ3) is 4.19. The molecule has 0 aliphatic heterocycles. The highest BCUT2D eigenvalue weighted by Gasteiger charge is 2.07. The van der Waals surface area contributed by atoms with Gasteiger partial charge in [-0.1, -0.05) is 36.4 Å². The van der Waals surface area contributed by atoms with Crippen molar-refractivity contribution >= 4 is 0 Å². The summed E-state index contributed by atoms with van der Waals surface area (Å²) in [7, 11) is 3.30. The topological polar surface area (TPSA) is 59.2 Å². The molecule has 3 aromatic rings. The molecule has 0 bridgehead atoms. The Hall–Kier alpha value is -2.79. The summed E-state index contributed by atoms with van der Waals surface area (Å²) >= 11 is 0. The van der Waals surface area contributed by atoms with Gasteiger partial charge in [0, 0.05) is 12.1 Å². The molecule has 0 unspecified atom stereocenters. The van der Waals surface area contributed by atoms with Gasteiger partial charge in [0.05, 0.1) is 26.1 Å². The van der Waals surface area contributed by atoms with E-state index >= 15 is 0 Å². The summed E-state index contributed by atoms with van der Waals surface area (Å²) in [6, 6.07) is 16.3. The number of rotatable bonds is 8. The summed E-state index contributed by atoms with van der Waals surface area (Å²) < 4.78 is 10.6. The second-order valence-electron chi connectivity index (χ2n) is 5.75. The molecule has 0 atom stereocenters. The van der Waals surface area contributed by atoms with Crippen molar-refractivity contribution in [2.75, 3.05) is 20.8 Å². The lowest BCUT2D eigenvalue weighted by Crippen LogP contribution is -2.16. The van der Waals surface area contributed by atoms with Crippen molar-refractivity contribution in [3.05, 3.63) is 65.9 Å². The largest absolute Gasteiger partial charge is 0.493 e. The van der Waals surface area contributed by atoms with Crippen LogP contribution in [-0.4, -0.2) is 31.0 Å². The number of nitrogens with zero attached hydrogens (tertiary/aromatic N) is 1. The van der Waals surface area contributed by atoms with E-state index in [1.807, 2.05) is 36.5 Å². The quantitative estimate of drug-likeness (QED) is 0.618. The van der Waals surface area contributed by atoms with Gasteiger partial charge in [0.2, 0.25) is 0 Å². The molecule has 5 heteroatoms. The molecule has 0 saturated heterocycles. The van der Waals surface area contributed by atoms with E-state index in [0.717, 1.165) is 42.3 Å². The van der Waals surface area contributed by atoms with Gasteiger partial charge in [-0.25, -0.2) is 0 Å². The zero-order chi connectivity index (χ0) is 17.5. The fourth-order valence-corrected chi connectivity index (χ4v) is 2.79. The molecule has 0 aliphatic carbocycles. The van der Waals surface area contributed by atoms with Gasteiger partial charge >= 0.3 is 0 Å². The third-order valence-corrected chi connectivity index (χ3v) is 4.13. The van der Waals surface area contributed by atoms with Gasteiger partial charge < -0.3 is 14.8 Å². The Labute approximate surface area is 148 Å². The summed E-state index contributed by atoms with van der Waals surface area (Å²) in [6.45, 7) is 1.64. The molecule has 0 saturated carbocycles. The minimum absolute atomic E-state index is 0.755. The van der Waals surface area contributed by atoms with Crippen LogP contribution >= 0.6 is 0 Å². The van der Waals surface area contributed by atoms with Crippen molar-refractivity contribution in [2.45, 2.75) is 13.0 Å². The lowest BCUT2D eigenvalue weighted by Gasteiger charge is -2.10. The van der Waals surface area contributed by atoms with E-state index in [4.69, 9.17) is 9.47 Å². The van der Waals surface area contributed by atoms with Gasteiger partial charge in [-0.05, 0) is 36.2 Å².